The predicted molar refractivity (Wildman–Crippen MR) is 102 cm³/mol. The highest BCUT2D eigenvalue weighted by molar-refractivity contribution is 5.73. The molecular weight excluding hydrogens is 328 g/mol. The van der Waals surface area contributed by atoms with Crippen LogP contribution in [0.15, 0.2) is 42.6 Å². The predicted octanol–water partition coefficient (Wildman–Crippen LogP) is 4.68. The molecule has 0 spiro atoms. The van der Waals surface area contributed by atoms with Crippen molar-refractivity contribution in [2.75, 3.05) is 7.11 Å². The highest BCUT2D eigenvalue weighted by Gasteiger charge is 2.17. The van der Waals surface area contributed by atoms with E-state index in [9.17, 15) is 4.79 Å². The molecule has 1 aliphatic rings. The first-order valence-electron chi connectivity index (χ1n) is 9.00. The van der Waals surface area contributed by atoms with E-state index < -0.39 is 6.09 Å². The first kappa shape index (κ1) is 18.0. The van der Waals surface area contributed by atoms with Gasteiger partial charge < -0.3 is 14.8 Å². The minimum Gasteiger partial charge on any atom is -0.493 e. The summed E-state index contributed by atoms with van der Waals surface area (Å²) in [6.45, 7) is 0. The Morgan fingerprint density at radius 3 is 2.69 bits per heavy atom. The summed E-state index contributed by atoms with van der Waals surface area (Å²) in [6, 6.07) is 11.4. The van der Waals surface area contributed by atoms with Gasteiger partial charge >= 0.3 is 6.09 Å². The molecule has 0 atom stereocenters. The first-order valence-corrected chi connectivity index (χ1v) is 9.00. The Hall–Kier alpha value is -2.82. The van der Waals surface area contributed by atoms with Crippen molar-refractivity contribution in [1.29, 1.82) is 0 Å². The largest absolute Gasteiger partial charge is 0.493 e. The standard InChI is InChI=1S/C21H24N2O3/c1-25-20-15-16(10-12-17-7-5-6-14-22-17)11-13-19(20)26-21(24)23-18-8-3-2-4-9-18/h5-7,10-15,18H,2-4,8-9H2,1H3,(H,23,24)/b12-10+. The quantitative estimate of drug-likeness (QED) is 0.848. The third-order valence-corrected chi connectivity index (χ3v) is 4.45. The number of carbonyl (C=O) groups is 1. The van der Waals surface area contributed by atoms with Crippen molar-refractivity contribution in [3.63, 3.8) is 0 Å². The fourth-order valence-corrected chi connectivity index (χ4v) is 3.07. The van der Waals surface area contributed by atoms with Crippen molar-refractivity contribution in [3.8, 4) is 11.5 Å². The zero-order chi connectivity index (χ0) is 18.2. The van der Waals surface area contributed by atoms with E-state index >= 15 is 0 Å². The van der Waals surface area contributed by atoms with Gasteiger partial charge in [-0.15, -0.1) is 0 Å². The number of aromatic nitrogens is 1. The van der Waals surface area contributed by atoms with Crippen LogP contribution in [0.2, 0.25) is 0 Å². The van der Waals surface area contributed by atoms with Gasteiger partial charge in [-0.3, -0.25) is 4.98 Å². The maximum absolute atomic E-state index is 12.1. The third kappa shape index (κ3) is 5.09. The molecule has 1 aromatic carbocycles. The lowest BCUT2D eigenvalue weighted by Crippen LogP contribution is -2.38. The van der Waals surface area contributed by atoms with Crippen LogP contribution >= 0.6 is 0 Å². The van der Waals surface area contributed by atoms with Crippen LogP contribution in [0.1, 0.15) is 43.4 Å². The molecule has 1 amide bonds. The molecular formula is C21H24N2O3. The summed E-state index contributed by atoms with van der Waals surface area (Å²) in [4.78, 5) is 16.4. The molecule has 1 saturated carbocycles. The number of ether oxygens (including phenoxy) is 2. The van der Waals surface area contributed by atoms with E-state index in [0.29, 0.717) is 11.5 Å². The van der Waals surface area contributed by atoms with Gasteiger partial charge in [-0.25, -0.2) is 4.79 Å². The summed E-state index contributed by atoms with van der Waals surface area (Å²) in [5, 5.41) is 2.94. The summed E-state index contributed by atoms with van der Waals surface area (Å²) in [5.74, 6) is 0.933. The third-order valence-electron chi connectivity index (χ3n) is 4.45. The molecule has 1 N–H and O–H groups in total. The van der Waals surface area contributed by atoms with Gasteiger partial charge in [0, 0.05) is 12.2 Å². The number of hydrogen-bond acceptors (Lipinski definition) is 4. The highest BCUT2D eigenvalue weighted by atomic mass is 16.6. The normalized spacial score (nSPS) is 15.0. The Balaban J connectivity index is 1.64. The van der Waals surface area contributed by atoms with Crippen molar-refractivity contribution in [2.24, 2.45) is 0 Å². The van der Waals surface area contributed by atoms with Crippen molar-refractivity contribution in [2.45, 2.75) is 38.1 Å². The molecule has 2 aromatic rings. The molecule has 0 radical (unpaired) electrons. The lowest BCUT2D eigenvalue weighted by molar-refractivity contribution is 0.190. The zero-order valence-corrected chi connectivity index (χ0v) is 15.0. The molecule has 0 aliphatic heterocycles. The van der Waals surface area contributed by atoms with E-state index in [-0.39, 0.29) is 6.04 Å². The van der Waals surface area contributed by atoms with E-state index in [0.717, 1.165) is 36.9 Å². The molecule has 1 fully saturated rings. The second kappa shape index (κ2) is 9.04. The van der Waals surface area contributed by atoms with Crippen molar-refractivity contribution < 1.29 is 14.3 Å². The Kier molecular flexibility index (Phi) is 6.25. The van der Waals surface area contributed by atoms with Crippen molar-refractivity contribution in [3.05, 3.63) is 53.9 Å². The number of hydrogen-bond donors (Lipinski definition) is 1. The van der Waals surface area contributed by atoms with E-state index in [1.165, 1.54) is 6.42 Å². The number of amides is 1. The lowest BCUT2D eigenvalue weighted by atomic mass is 9.96. The minimum atomic E-state index is -0.424. The molecule has 0 bridgehead atoms. The Bertz CT molecular complexity index is 753. The van der Waals surface area contributed by atoms with Gasteiger partial charge in [0.2, 0.25) is 0 Å². The Labute approximate surface area is 154 Å². The van der Waals surface area contributed by atoms with Gasteiger partial charge in [-0.05, 0) is 48.7 Å². The van der Waals surface area contributed by atoms with Gasteiger partial charge in [0.25, 0.3) is 0 Å². The van der Waals surface area contributed by atoms with Gasteiger partial charge in [0.1, 0.15) is 0 Å². The van der Waals surface area contributed by atoms with Crippen LogP contribution in [-0.2, 0) is 0 Å². The summed E-state index contributed by atoms with van der Waals surface area (Å²) in [5.41, 5.74) is 1.81. The van der Waals surface area contributed by atoms with E-state index in [1.807, 2.05) is 42.5 Å². The van der Waals surface area contributed by atoms with Crippen LogP contribution in [0.25, 0.3) is 12.2 Å². The Morgan fingerprint density at radius 2 is 1.96 bits per heavy atom. The smallest absolute Gasteiger partial charge is 0.412 e. The number of carbonyl (C=O) groups excluding carboxylic acids is 1. The maximum Gasteiger partial charge on any atom is 0.412 e. The minimum absolute atomic E-state index is 0.211. The summed E-state index contributed by atoms with van der Waals surface area (Å²) >= 11 is 0. The second-order valence-electron chi connectivity index (χ2n) is 6.37. The number of benzene rings is 1. The summed E-state index contributed by atoms with van der Waals surface area (Å²) in [7, 11) is 1.56. The van der Waals surface area contributed by atoms with Gasteiger partial charge in [0.05, 0.1) is 12.8 Å². The van der Waals surface area contributed by atoms with Crippen LogP contribution in [0.4, 0.5) is 4.79 Å². The van der Waals surface area contributed by atoms with Crippen LogP contribution < -0.4 is 14.8 Å². The summed E-state index contributed by atoms with van der Waals surface area (Å²) in [6.07, 6.45) is 10.8. The second-order valence-corrected chi connectivity index (χ2v) is 6.37. The average molecular weight is 352 g/mol. The molecule has 1 aromatic heterocycles. The van der Waals surface area contributed by atoms with Crippen LogP contribution in [0.3, 0.4) is 0 Å². The van der Waals surface area contributed by atoms with Crippen molar-refractivity contribution in [1.82, 2.24) is 10.3 Å². The number of nitrogens with zero attached hydrogens (tertiary/aromatic N) is 1. The zero-order valence-electron chi connectivity index (χ0n) is 15.0. The Morgan fingerprint density at radius 1 is 1.12 bits per heavy atom. The van der Waals surface area contributed by atoms with E-state index in [1.54, 1.807) is 19.4 Å². The molecule has 26 heavy (non-hydrogen) atoms. The number of nitrogens with one attached hydrogen (secondary N) is 1. The molecule has 0 saturated heterocycles. The monoisotopic (exact) mass is 352 g/mol. The summed E-state index contributed by atoms with van der Waals surface area (Å²) < 4.78 is 10.8. The molecule has 5 heteroatoms. The van der Waals surface area contributed by atoms with Crippen LogP contribution in [-0.4, -0.2) is 24.2 Å². The topological polar surface area (TPSA) is 60.5 Å². The molecule has 1 aliphatic carbocycles. The highest BCUT2D eigenvalue weighted by Crippen LogP contribution is 2.29. The van der Waals surface area contributed by atoms with Crippen molar-refractivity contribution >= 4 is 18.2 Å². The lowest BCUT2D eigenvalue weighted by Gasteiger charge is -2.22. The number of rotatable bonds is 5. The fraction of sp³-hybridized carbons (Fsp3) is 0.333. The van der Waals surface area contributed by atoms with Crippen LogP contribution in [0, 0.1) is 0 Å². The van der Waals surface area contributed by atoms with Gasteiger partial charge in [-0.2, -0.15) is 0 Å². The van der Waals surface area contributed by atoms with E-state index in [2.05, 4.69) is 10.3 Å². The maximum atomic E-state index is 12.1. The number of methoxy groups -OCH3 is 1. The fourth-order valence-electron chi connectivity index (χ4n) is 3.07. The SMILES string of the molecule is COc1cc(/C=C/c2ccccn2)ccc1OC(=O)NC1CCCCC1. The molecule has 136 valence electrons. The van der Waals surface area contributed by atoms with Crippen LogP contribution in [0.5, 0.6) is 11.5 Å². The molecule has 0 unspecified atom stereocenters. The number of pyridine rings is 1. The van der Waals surface area contributed by atoms with Gasteiger partial charge in [-0.1, -0.05) is 37.5 Å². The average Bonchev–Trinajstić information content (AvgIpc) is 2.68. The molecule has 1 heterocycles. The van der Waals surface area contributed by atoms with Gasteiger partial charge in [0.15, 0.2) is 11.5 Å². The molecule has 5 nitrogen and oxygen atoms in total. The first-order chi connectivity index (χ1) is 12.7. The molecule has 3 rings (SSSR count). The van der Waals surface area contributed by atoms with E-state index in [4.69, 9.17) is 9.47 Å².